The van der Waals surface area contributed by atoms with Gasteiger partial charge >= 0.3 is 0 Å². The Morgan fingerprint density at radius 3 is 2.81 bits per heavy atom. The fraction of sp³-hybridized carbons (Fsp3) is 0.692. The fourth-order valence-corrected chi connectivity index (χ4v) is 3.15. The number of allylic oxidation sites excluding steroid dienone is 1. The maximum absolute atomic E-state index is 12.2. The molecule has 86 valence electrons. The van der Waals surface area contributed by atoms with Gasteiger partial charge in [-0.05, 0) is 26.3 Å². The Bertz CT molecular complexity index is 391. The number of carbonyl (C=O) groups is 1. The summed E-state index contributed by atoms with van der Waals surface area (Å²) in [7, 11) is 0. The lowest BCUT2D eigenvalue weighted by molar-refractivity contribution is -0.153. The van der Waals surface area contributed by atoms with Crippen LogP contribution >= 0.6 is 0 Å². The van der Waals surface area contributed by atoms with Gasteiger partial charge in [0.2, 0.25) is 5.78 Å². The van der Waals surface area contributed by atoms with Gasteiger partial charge in [0.05, 0.1) is 11.7 Å². The lowest BCUT2D eigenvalue weighted by atomic mass is 9.58. The van der Waals surface area contributed by atoms with Crippen LogP contribution in [0.2, 0.25) is 0 Å². The summed E-state index contributed by atoms with van der Waals surface area (Å²) >= 11 is 0. The molecule has 0 aromatic rings. The number of ketones is 1. The van der Waals surface area contributed by atoms with E-state index in [-0.39, 0.29) is 17.3 Å². The van der Waals surface area contributed by atoms with Gasteiger partial charge < -0.3 is 9.58 Å². The number of hydrogen-bond donors (Lipinski definition) is 0. The quantitative estimate of drug-likeness (QED) is 0.586. The van der Waals surface area contributed by atoms with Gasteiger partial charge in [0, 0.05) is 11.8 Å². The molecule has 3 atom stereocenters. The van der Waals surface area contributed by atoms with Gasteiger partial charge in [-0.15, -0.1) is 0 Å². The summed E-state index contributed by atoms with van der Waals surface area (Å²) in [6, 6.07) is -0.494. The first kappa shape index (κ1) is 11.2. The Balaban J connectivity index is 2.43. The molecule has 3 unspecified atom stereocenters. The van der Waals surface area contributed by atoms with Gasteiger partial charge in [-0.3, -0.25) is 4.79 Å². The highest BCUT2D eigenvalue weighted by Gasteiger charge is 2.59. The summed E-state index contributed by atoms with van der Waals surface area (Å²) < 4.78 is 5.66. The summed E-state index contributed by atoms with van der Waals surface area (Å²) in [5.74, 6) is 0.0280. The molecule has 1 heterocycles. The molecule has 1 fully saturated rings. The average Bonchev–Trinajstić information content (AvgIpc) is 2.24. The fourth-order valence-electron chi connectivity index (χ4n) is 3.15. The maximum atomic E-state index is 12.2. The second-order valence-corrected chi connectivity index (χ2v) is 5.68. The van der Waals surface area contributed by atoms with Crippen LogP contribution in [0.1, 0.15) is 33.6 Å². The molecule has 16 heavy (non-hydrogen) atoms. The van der Waals surface area contributed by atoms with E-state index in [1.807, 2.05) is 19.9 Å². The van der Waals surface area contributed by atoms with Crippen LogP contribution < -0.4 is 0 Å². The van der Waals surface area contributed by atoms with E-state index in [4.69, 9.17) is 11.3 Å². The standard InChI is InChI=1S/C13H17NO2/c1-12(2)10(15)9(14-4)8-13(3)6-5-7-16-11(12)13/h5,7,9,11H,6,8H2,1-3H3. The predicted octanol–water partition coefficient (Wildman–Crippen LogP) is 2.58. The molecule has 0 saturated heterocycles. The van der Waals surface area contributed by atoms with Gasteiger partial charge in [-0.25, -0.2) is 6.57 Å². The van der Waals surface area contributed by atoms with Crippen LogP contribution in [0.3, 0.4) is 0 Å². The van der Waals surface area contributed by atoms with Crippen LogP contribution in [0.15, 0.2) is 12.3 Å². The molecule has 2 rings (SSSR count). The molecule has 1 saturated carbocycles. The highest BCUT2D eigenvalue weighted by Crippen LogP contribution is 2.50. The number of carbonyl (C=O) groups excluding carboxylic acids is 1. The third-order valence-electron chi connectivity index (χ3n) is 3.94. The molecule has 0 radical (unpaired) electrons. The number of fused-ring (bicyclic) bond motifs is 1. The lowest BCUT2D eigenvalue weighted by Crippen LogP contribution is -2.57. The molecular weight excluding hydrogens is 202 g/mol. The van der Waals surface area contributed by atoms with E-state index in [1.54, 1.807) is 6.26 Å². The van der Waals surface area contributed by atoms with Crippen molar-refractivity contribution in [1.29, 1.82) is 0 Å². The first-order valence-corrected chi connectivity index (χ1v) is 5.63. The first-order valence-electron chi connectivity index (χ1n) is 5.63. The van der Waals surface area contributed by atoms with E-state index in [0.717, 1.165) is 6.42 Å². The van der Waals surface area contributed by atoms with E-state index in [0.29, 0.717) is 6.42 Å². The first-order chi connectivity index (χ1) is 7.42. The Morgan fingerprint density at radius 1 is 1.50 bits per heavy atom. The van der Waals surface area contributed by atoms with Gasteiger partial charge in [-0.2, -0.15) is 0 Å². The van der Waals surface area contributed by atoms with E-state index in [9.17, 15) is 4.79 Å². The van der Waals surface area contributed by atoms with Crippen molar-refractivity contribution in [1.82, 2.24) is 0 Å². The van der Waals surface area contributed by atoms with Crippen molar-refractivity contribution in [3.05, 3.63) is 23.8 Å². The van der Waals surface area contributed by atoms with Crippen molar-refractivity contribution in [2.45, 2.75) is 45.8 Å². The van der Waals surface area contributed by atoms with Crippen LogP contribution in [0, 0.1) is 17.4 Å². The molecule has 0 aromatic heterocycles. The second kappa shape index (κ2) is 3.35. The van der Waals surface area contributed by atoms with E-state index < -0.39 is 11.5 Å². The van der Waals surface area contributed by atoms with Crippen molar-refractivity contribution >= 4 is 5.78 Å². The third-order valence-corrected chi connectivity index (χ3v) is 3.94. The third kappa shape index (κ3) is 1.36. The lowest BCUT2D eigenvalue weighted by Gasteiger charge is -2.49. The highest BCUT2D eigenvalue weighted by atomic mass is 16.5. The van der Waals surface area contributed by atoms with Gasteiger partial charge in [0.25, 0.3) is 6.04 Å². The summed E-state index contributed by atoms with van der Waals surface area (Å²) in [5.41, 5.74) is -0.644. The number of Topliss-reactive ketones (excluding diaryl/α,β-unsaturated/α-hetero) is 1. The van der Waals surface area contributed by atoms with Crippen molar-refractivity contribution in [2.75, 3.05) is 0 Å². The molecule has 0 aromatic carbocycles. The maximum Gasteiger partial charge on any atom is 0.282 e. The van der Waals surface area contributed by atoms with Crippen molar-refractivity contribution in [3.63, 3.8) is 0 Å². The minimum Gasteiger partial charge on any atom is -0.497 e. The largest absolute Gasteiger partial charge is 0.497 e. The van der Waals surface area contributed by atoms with Crippen molar-refractivity contribution in [3.8, 4) is 0 Å². The molecule has 0 N–H and O–H groups in total. The van der Waals surface area contributed by atoms with Crippen LogP contribution in [-0.2, 0) is 9.53 Å². The van der Waals surface area contributed by atoms with Crippen LogP contribution in [0.5, 0.6) is 0 Å². The van der Waals surface area contributed by atoms with Gasteiger partial charge in [0.15, 0.2) is 0 Å². The zero-order chi connectivity index (χ0) is 12.0. The Morgan fingerprint density at radius 2 is 2.19 bits per heavy atom. The second-order valence-electron chi connectivity index (χ2n) is 5.68. The van der Waals surface area contributed by atoms with Crippen LogP contribution in [0.4, 0.5) is 0 Å². The van der Waals surface area contributed by atoms with E-state index in [2.05, 4.69) is 11.8 Å². The Hall–Kier alpha value is -1.30. The van der Waals surface area contributed by atoms with E-state index in [1.165, 1.54) is 0 Å². The minimum absolute atomic E-state index is 0.0280. The monoisotopic (exact) mass is 219 g/mol. The summed E-state index contributed by atoms with van der Waals surface area (Å²) in [6.07, 6.45) is 5.09. The van der Waals surface area contributed by atoms with Crippen molar-refractivity contribution in [2.24, 2.45) is 10.8 Å². The summed E-state index contributed by atoms with van der Waals surface area (Å²) in [4.78, 5) is 15.6. The molecule has 3 nitrogen and oxygen atoms in total. The number of ether oxygens (including phenoxy) is 1. The normalized spacial score (nSPS) is 40.8. The molecule has 3 heteroatoms. The molecular formula is C13H17NO2. The smallest absolute Gasteiger partial charge is 0.282 e. The minimum atomic E-state index is -0.563. The Labute approximate surface area is 96.3 Å². The Kier molecular flexibility index (Phi) is 2.34. The predicted molar refractivity (Wildman–Crippen MR) is 60.5 cm³/mol. The number of rotatable bonds is 0. The molecule has 2 aliphatic rings. The van der Waals surface area contributed by atoms with Gasteiger partial charge in [0.1, 0.15) is 6.10 Å². The molecule has 0 bridgehead atoms. The van der Waals surface area contributed by atoms with E-state index >= 15 is 0 Å². The van der Waals surface area contributed by atoms with Crippen LogP contribution in [0.25, 0.3) is 4.85 Å². The van der Waals surface area contributed by atoms with Crippen molar-refractivity contribution < 1.29 is 9.53 Å². The SMILES string of the molecule is [C-]#[N+]C1CC2(C)CC=COC2C(C)(C)C1=O. The molecule has 0 amide bonds. The zero-order valence-corrected chi connectivity index (χ0v) is 9.99. The number of nitrogens with zero attached hydrogens (tertiary/aromatic N) is 1. The molecule has 1 aliphatic carbocycles. The topological polar surface area (TPSA) is 30.7 Å². The number of hydrogen-bond acceptors (Lipinski definition) is 2. The average molecular weight is 219 g/mol. The highest BCUT2D eigenvalue weighted by molar-refractivity contribution is 5.92. The molecule has 1 aliphatic heterocycles. The van der Waals surface area contributed by atoms with Gasteiger partial charge in [-0.1, -0.05) is 6.92 Å². The molecule has 0 spiro atoms. The summed E-state index contributed by atoms with van der Waals surface area (Å²) in [6.45, 7) is 13.1. The van der Waals surface area contributed by atoms with Crippen LogP contribution in [-0.4, -0.2) is 17.9 Å². The zero-order valence-electron chi connectivity index (χ0n) is 9.99. The summed E-state index contributed by atoms with van der Waals surface area (Å²) in [5, 5.41) is 0.